The van der Waals surface area contributed by atoms with Gasteiger partial charge in [-0.2, -0.15) is 0 Å². The zero-order chi connectivity index (χ0) is 20.6. The van der Waals surface area contributed by atoms with Crippen molar-refractivity contribution in [3.63, 3.8) is 0 Å². The van der Waals surface area contributed by atoms with Crippen LogP contribution in [0.3, 0.4) is 0 Å². The highest BCUT2D eigenvalue weighted by molar-refractivity contribution is 7.91. The van der Waals surface area contributed by atoms with Gasteiger partial charge in [-0.05, 0) is 37.5 Å². The molecule has 1 aliphatic rings. The second-order valence-corrected chi connectivity index (χ2v) is 8.87. The number of urea groups is 1. The van der Waals surface area contributed by atoms with Gasteiger partial charge in [0.1, 0.15) is 0 Å². The molecule has 9 heteroatoms. The predicted octanol–water partition coefficient (Wildman–Crippen LogP) is 1.48. The van der Waals surface area contributed by atoms with Crippen molar-refractivity contribution >= 4 is 15.9 Å². The zero-order valence-corrected chi connectivity index (χ0v) is 17.6. The van der Waals surface area contributed by atoms with Gasteiger partial charge >= 0.3 is 6.03 Å². The van der Waals surface area contributed by atoms with Crippen molar-refractivity contribution in [2.24, 2.45) is 0 Å². The molecule has 2 amide bonds. The fourth-order valence-electron chi connectivity index (χ4n) is 3.22. The lowest BCUT2D eigenvalue weighted by atomic mass is 10.1. The highest BCUT2D eigenvalue weighted by Crippen LogP contribution is 2.28. The van der Waals surface area contributed by atoms with Crippen LogP contribution in [0.25, 0.3) is 0 Å². The molecule has 0 aliphatic carbocycles. The van der Waals surface area contributed by atoms with Crippen LogP contribution in [0.2, 0.25) is 0 Å². The molecule has 1 atom stereocenters. The van der Waals surface area contributed by atoms with Gasteiger partial charge in [0, 0.05) is 26.2 Å². The maximum atomic E-state index is 12.6. The van der Waals surface area contributed by atoms with E-state index in [4.69, 9.17) is 14.2 Å². The zero-order valence-electron chi connectivity index (χ0n) is 16.8. The first kappa shape index (κ1) is 22.3. The Morgan fingerprint density at radius 3 is 2.68 bits per heavy atom. The molecule has 1 unspecified atom stereocenters. The first-order valence-electron chi connectivity index (χ1n) is 9.43. The molecule has 0 spiro atoms. The Morgan fingerprint density at radius 1 is 1.29 bits per heavy atom. The van der Waals surface area contributed by atoms with Crippen LogP contribution < -0.4 is 14.8 Å². The number of nitrogens with zero attached hydrogens (tertiary/aromatic N) is 1. The Kier molecular flexibility index (Phi) is 8.37. The number of benzene rings is 1. The van der Waals surface area contributed by atoms with Crippen LogP contribution in [0, 0.1) is 0 Å². The molecule has 158 valence electrons. The van der Waals surface area contributed by atoms with E-state index in [1.54, 1.807) is 19.1 Å². The molecule has 28 heavy (non-hydrogen) atoms. The quantitative estimate of drug-likeness (QED) is 0.623. The Bertz CT molecular complexity index is 753. The van der Waals surface area contributed by atoms with Gasteiger partial charge in [-0.1, -0.05) is 6.07 Å². The van der Waals surface area contributed by atoms with Gasteiger partial charge < -0.3 is 24.4 Å². The first-order chi connectivity index (χ1) is 13.4. The van der Waals surface area contributed by atoms with Crippen LogP contribution in [0.5, 0.6) is 11.5 Å². The normalized spacial score (nSPS) is 17.9. The molecule has 0 saturated carbocycles. The largest absolute Gasteiger partial charge is 0.493 e. The van der Waals surface area contributed by atoms with E-state index >= 15 is 0 Å². The Hall–Kier alpha value is -2.00. The number of hydrogen-bond donors (Lipinski definition) is 1. The van der Waals surface area contributed by atoms with Gasteiger partial charge in [0.05, 0.1) is 31.8 Å². The second kappa shape index (κ2) is 10.5. The molecule has 0 aromatic heterocycles. The average molecular weight is 415 g/mol. The molecule has 1 fully saturated rings. The Balaban J connectivity index is 1.93. The number of methoxy groups -OCH3 is 2. The van der Waals surface area contributed by atoms with Gasteiger partial charge in [-0.3, -0.25) is 0 Å². The third kappa shape index (κ3) is 6.27. The van der Waals surface area contributed by atoms with E-state index in [9.17, 15) is 13.2 Å². The molecule has 2 rings (SSSR count). The van der Waals surface area contributed by atoms with Crippen LogP contribution in [-0.4, -0.2) is 77.4 Å². The summed E-state index contributed by atoms with van der Waals surface area (Å²) in [7, 11) is 0.0790. The fraction of sp³-hybridized carbons (Fsp3) is 0.632. The molecular formula is C19H30N2O6S. The minimum Gasteiger partial charge on any atom is -0.493 e. The van der Waals surface area contributed by atoms with E-state index in [0.717, 1.165) is 5.56 Å². The summed E-state index contributed by atoms with van der Waals surface area (Å²) < 4.78 is 39.4. The lowest BCUT2D eigenvalue weighted by Crippen LogP contribution is -2.48. The van der Waals surface area contributed by atoms with Gasteiger partial charge in [0.25, 0.3) is 0 Å². The number of rotatable bonds is 10. The number of sulfone groups is 1. The first-order valence-corrected chi connectivity index (χ1v) is 11.3. The van der Waals surface area contributed by atoms with Crippen molar-refractivity contribution in [3.05, 3.63) is 23.8 Å². The van der Waals surface area contributed by atoms with Crippen LogP contribution in [0.4, 0.5) is 4.79 Å². The lowest BCUT2D eigenvalue weighted by Gasteiger charge is -2.28. The maximum absolute atomic E-state index is 12.6. The number of nitrogens with one attached hydrogen (secondary N) is 1. The van der Waals surface area contributed by atoms with Crippen molar-refractivity contribution in [3.8, 4) is 11.5 Å². The van der Waals surface area contributed by atoms with E-state index in [2.05, 4.69) is 5.32 Å². The molecule has 1 aliphatic heterocycles. The Morgan fingerprint density at radius 2 is 2.07 bits per heavy atom. The minimum atomic E-state index is -3.07. The topological polar surface area (TPSA) is 94.2 Å². The Labute approximate surface area is 167 Å². The van der Waals surface area contributed by atoms with Crippen LogP contribution >= 0.6 is 0 Å². The molecule has 1 aromatic carbocycles. The van der Waals surface area contributed by atoms with Crippen molar-refractivity contribution in [1.82, 2.24) is 10.2 Å². The number of hydrogen-bond acceptors (Lipinski definition) is 6. The molecule has 1 aromatic rings. The molecule has 0 bridgehead atoms. The van der Waals surface area contributed by atoms with E-state index in [1.165, 1.54) is 0 Å². The molecule has 8 nitrogen and oxygen atoms in total. The SMILES string of the molecule is CCOc1ccc(CCNC(=O)N(CCOC)C2CCS(=O)(=O)C2)cc1OC. The summed E-state index contributed by atoms with van der Waals surface area (Å²) in [6.07, 6.45) is 1.09. The van der Waals surface area contributed by atoms with E-state index in [-0.39, 0.29) is 23.6 Å². The number of ether oxygens (including phenoxy) is 3. The van der Waals surface area contributed by atoms with Gasteiger partial charge in [0.2, 0.25) is 0 Å². The summed E-state index contributed by atoms with van der Waals surface area (Å²) in [5.74, 6) is 1.48. The minimum absolute atomic E-state index is 0.0141. The van der Waals surface area contributed by atoms with Crippen molar-refractivity contribution < 1.29 is 27.4 Å². The predicted molar refractivity (Wildman–Crippen MR) is 107 cm³/mol. The van der Waals surface area contributed by atoms with Crippen molar-refractivity contribution in [2.45, 2.75) is 25.8 Å². The van der Waals surface area contributed by atoms with E-state index in [0.29, 0.717) is 50.6 Å². The standard InChI is InChI=1S/C19H30N2O6S/c1-4-27-17-6-5-15(13-18(17)26-3)7-9-20-19(22)21(10-11-25-2)16-8-12-28(23,24)14-16/h5-6,13,16H,4,7-12,14H2,1-3H3,(H,20,22). The second-order valence-electron chi connectivity index (χ2n) is 6.64. The molecule has 1 heterocycles. The molecular weight excluding hydrogens is 384 g/mol. The highest BCUT2D eigenvalue weighted by atomic mass is 32.2. The van der Waals surface area contributed by atoms with E-state index < -0.39 is 9.84 Å². The molecule has 0 radical (unpaired) electrons. The number of carbonyl (C=O) groups is 1. The van der Waals surface area contributed by atoms with E-state index in [1.807, 2.05) is 25.1 Å². The third-order valence-electron chi connectivity index (χ3n) is 4.66. The third-order valence-corrected chi connectivity index (χ3v) is 6.41. The van der Waals surface area contributed by atoms with Crippen LogP contribution in [0.15, 0.2) is 18.2 Å². The number of amides is 2. The molecule has 1 N–H and O–H groups in total. The number of carbonyl (C=O) groups excluding carboxylic acids is 1. The summed E-state index contributed by atoms with van der Waals surface area (Å²) >= 11 is 0. The molecule has 1 saturated heterocycles. The summed E-state index contributed by atoms with van der Waals surface area (Å²) in [4.78, 5) is 14.2. The van der Waals surface area contributed by atoms with Gasteiger partial charge in [-0.25, -0.2) is 13.2 Å². The van der Waals surface area contributed by atoms with Gasteiger partial charge in [-0.15, -0.1) is 0 Å². The van der Waals surface area contributed by atoms with Crippen molar-refractivity contribution in [1.29, 1.82) is 0 Å². The van der Waals surface area contributed by atoms with Gasteiger partial charge in [0.15, 0.2) is 21.3 Å². The monoisotopic (exact) mass is 414 g/mol. The summed E-state index contributed by atoms with van der Waals surface area (Å²) in [5.41, 5.74) is 1.01. The van der Waals surface area contributed by atoms with Crippen molar-refractivity contribution in [2.75, 3.05) is 52.0 Å². The average Bonchev–Trinajstić information content (AvgIpc) is 3.02. The maximum Gasteiger partial charge on any atom is 0.317 e. The fourth-order valence-corrected chi connectivity index (χ4v) is 4.95. The van der Waals surface area contributed by atoms with Crippen LogP contribution in [0.1, 0.15) is 18.9 Å². The van der Waals surface area contributed by atoms with Crippen LogP contribution in [-0.2, 0) is 21.0 Å². The lowest BCUT2D eigenvalue weighted by molar-refractivity contribution is 0.134. The summed E-state index contributed by atoms with van der Waals surface area (Å²) in [6.45, 7) is 3.62. The summed E-state index contributed by atoms with van der Waals surface area (Å²) in [5, 5.41) is 2.89. The highest BCUT2D eigenvalue weighted by Gasteiger charge is 2.34. The summed E-state index contributed by atoms with van der Waals surface area (Å²) in [6, 6.07) is 5.12. The smallest absolute Gasteiger partial charge is 0.317 e.